The van der Waals surface area contributed by atoms with Crippen LogP contribution in [0.1, 0.15) is 115 Å². The third-order valence-corrected chi connectivity index (χ3v) is 5.28. The van der Waals surface area contributed by atoms with Crippen molar-refractivity contribution in [1.29, 1.82) is 0 Å². The quantitative estimate of drug-likeness (QED) is 0.219. The molecule has 0 unspecified atom stereocenters. The topological polar surface area (TPSA) is 32.6 Å². The van der Waals surface area contributed by atoms with Gasteiger partial charge in [-0.25, -0.2) is 0 Å². The summed E-state index contributed by atoms with van der Waals surface area (Å²) in [6, 6.07) is 5.99. The van der Waals surface area contributed by atoms with Crippen molar-refractivity contribution in [2.45, 2.75) is 110 Å². The van der Waals surface area contributed by atoms with Crippen LogP contribution >= 0.6 is 0 Å². The Bertz CT molecular complexity index is 495. The number of benzene rings is 1. The molecular weight excluding hydrogens is 330 g/mol. The molecule has 0 aliphatic rings. The Labute approximate surface area is 168 Å². The van der Waals surface area contributed by atoms with Gasteiger partial charge in [0.15, 0.2) is 0 Å². The second-order valence-electron chi connectivity index (χ2n) is 7.92. The highest BCUT2D eigenvalue weighted by Gasteiger charge is 2.01. The van der Waals surface area contributed by atoms with E-state index in [9.17, 15) is 5.11 Å². The summed E-state index contributed by atoms with van der Waals surface area (Å²) in [7, 11) is 0. The third-order valence-electron chi connectivity index (χ3n) is 5.28. The van der Waals surface area contributed by atoms with Gasteiger partial charge in [0.2, 0.25) is 0 Å². The van der Waals surface area contributed by atoms with Crippen LogP contribution in [0.5, 0.6) is 5.75 Å². The smallest absolute Gasteiger partial charge is 0.124 e. The number of aryl methyl sites for hydroxylation is 1. The molecule has 1 aromatic carbocycles. The number of hydrogen-bond donors (Lipinski definition) is 1. The molecule has 0 amide bonds. The van der Waals surface area contributed by atoms with Crippen molar-refractivity contribution in [2.75, 3.05) is 6.54 Å². The Morgan fingerprint density at radius 2 is 1.30 bits per heavy atom. The highest BCUT2D eigenvalue weighted by molar-refractivity contribution is 5.83. The van der Waals surface area contributed by atoms with E-state index in [0.717, 1.165) is 24.9 Å². The van der Waals surface area contributed by atoms with Gasteiger partial charge >= 0.3 is 0 Å². The minimum absolute atomic E-state index is 0.348. The Hall–Kier alpha value is -1.31. The van der Waals surface area contributed by atoms with Gasteiger partial charge in [-0.2, -0.15) is 0 Å². The van der Waals surface area contributed by atoms with Gasteiger partial charge in [-0.15, -0.1) is 0 Å². The van der Waals surface area contributed by atoms with Gasteiger partial charge in [-0.05, 0) is 37.0 Å². The number of phenolic OH excluding ortho intramolecular Hbond substituents is 1. The lowest BCUT2D eigenvalue weighted by Crippen LogP contribution is -1.91. The van der Waals surface area contributed by atoms with Crippen molar-refractivity contribution in [3.63, 3.8) is 0 Å². The molecule has 0 bridgehead atoms. The zero-order chi connectivity index (χ0) is 19.6. The minimum atomic E-state index is 0.348. The molecule has 0 fully saturated rings. The van der Waals surface area contributed by atoms with Crippen molar-refractivity contribution >= 4 is 6.21 Å². The third kappa shape index (κ3) is 12.7. The largest absolute Gasteiger partial charge is 0.507 e. The minimum Gasteiger partial charge on any atom is -0.507 e. The van der Waals surface area contributed by atoms with Gasteiger partial charge in [-0.3, -0.25) is 4.99 Å². The van der Waals surface area contributed by atoms with E-state index in [2.05, 4.69) is 31.0 Å². The van der Waals surface area contributed by atoms with E-state index >= 15 is 0 Å². The van der Waals surface area contributed by atoms with Crippen molar-refractivity contribution in [3.8, 4) is 5.75 Å². The SMILES string of the molecule is CCCCCCCCCCN=Cc1cc(CCCCCCCC)ccc1O. The number of rotatable bonds is 17. The molecule has 0 aliphatic carbocycles. The van der Waals surface area contributed by atoms with E-state index in [0.29, 0.717) is 5.75 Å². The first kappa shape index (κ1) is 23.7. The van der Waals surface area contributed by atoms with Gasteiger partial charge in [0, 0.05) is 18.3 Å². The molecule has 0 radical (unpaired) electrons. The van der Waals surface area contributed by atoms with Crippen molar-refractivity contribution < 1.29 is 5.11 Å². The summed E-state index contributed by atoms with van der Waals surface area (Å²) in [6.45, 7) is 5.39. The van der Waals surface area contributed by atoms with E-state index in [1.807, 2.05) is 12.3 Å². The van der Waals surface area contributed by atoms with Crippen molar-refractivity contribution in [1.82, 2.24) is 0 Å². The van der Waals surface area contributed by atoms with Crippen LogP contribution in [-0.4, -0.2) is 17.9 Å². The summed E-state index contributed by atoms with van der Waals surface area (Å²) in [6.07, 6.45) is 21.5. The second kappa shape index (κ2) is 16.8. The lowest BCUT2D eigenvalue weighted by atomic mass is 10.0. The molecule has 0 saturated heterocycles. The normalized spacial score (nSPS) is 11.5. The summed E-state index contributed by atoms with van der Waals surface area (Å²) in [5.41, 5.74) is 2.19. The Morgan fingerprint density at radius 1 is 0.741 bits per heavy atom. The van der Waals surface area contributed by atoms with Gasteiger partial charge in [0.05, 0.1) is 0 Å². The summed E-state index contributed by atoms with van der Waals surface area (Å²) in [5, 5.41) is 10.1. The fourth-order valence-corrected chi connectivity index (χ4v) is 3.47. The zero-order valence-corrected chi connectivity index (χ0v) is 18.0. The molecule has 1 N–H and O–H groups in total. The standard InChI is InChI=1S/C25H43NO/c1-3-5-7-9-11-12-14-16-20-26-22-24-21-23(18-19-25(24)27)17-15-13-10-8-6-4-2/h18-19,21-22,27H,3-17,20H2,1-2H3. The number of unbranched alkanes of at least 4 members (excludes halogenated alkanes) is 12. The maximum atomic E-state index is 10.1. The first-order chi connectivity index (χ1) is 13.3. The maximum Gasteiger partial charge on any atom is 0.124 e. The highest BCUT2D eigenvalue weighted by Crippen LogP contribution is 2.19. The predicted molar refractivity (Wildman–Crippen MR) is 120 cm³/mol. The number of hydrogen-bond acceptors (Lipinski definition) is 2. The summed E-state index contributed by atoms with van der Waals surface area (Å²) < 4.78 is 0. The van der Waals surface area contributed by atoms with Crippen molar-refractivity contribution in [3.05, 3.63) is 29.3 Å². The molecule has 1 rings (SSSR count). The molecule has 2 heteroatoms. The molecule has 27 heavy (non-hydrogen) atoms. The summed E-state index contributed by atoms with van der Waals surface area (Å²) in [4.78, 5) is 4.54. The van der Waals surface area contributed by atoms with Gasteiger partial charge in [-0.1, -0.05) is 97.0 Å². The Kier molecular flexibility index (Phi) is 14.8. The van der Waals surface area contributed by atoms with Crippen LogP contribution in [0.25, 0.3) is 0 Å². The van der Waals surface area contributed by atoms with Crippen molar-refractivity contribution in [2.24, 2.45) is 4.99 Å². The molecule has 0 spiro atoms. The number of phenols is 1. The number of aliphatic imine (C=N–C) groups is 1. The first-order valence-corrected chi connectivity index (χ1v) is 11.6. The molecule has 0 aromatic heterocycles. The van der Waals surface area contributed by atoms with E-state index in [1.54, 1.807) is 0 Å². The van der Waals surface area contributed by atoms with Crippen LogP contribution < -0.4 is 0 Å². The molecular formula is C25H43NO. The summed E-state index contributed by atoms with van der Waals surface area (Å²) >= 11 is 0. The van der Waals surface area contributed by atoms with Gasteiger partial charge in [0.1, 0.15) is 5.75 Å². The van der Waals surface area contributed by atoms with Crippen LogP contribution in [0, 0.1) is 0 Å². The van der Waals surface area contributed by atoms with Crippen LogP contribution in [-0.2, 0) is 6.42 Å². The molecule has 154 valence electrons. The van der Waals surface area contributed by atoms with Crippen LogP contribution in [0.4, 0.5) is 0 Å². The number of aromatic hydroxyl groups is 1. The fourth-order valence-electron chi connectivity index (χ4n) is 3.47. The molecule has 0 heterocycles. The maximum absolute atomic E-state index is 10.1. The van der Waals surface area contributed by atoms with Gasteiger partial charge in [0.25, 0.3) is 0 Å². The van der Waals surface area contributed by atoms with Gasteiger partial charge < -0.3 is 5.11 Å². The Balaban J connectivity index is 2.20. The number of nitrogens with zero attached hydrogens (tertiary/aromatic N) is 1. The zero-order valence-electron chi connectivity index (χ0n) is 18.0. The molecule has 1 aromatic rings. The highest BCUT2D eigenvalue weighted by atomic mass is 16.3. The summed E-state index contributed by atoms with van der Waals surface area (Å²) in [5.74, 6) is 0.348. The average molecular weight is 374 g/mol. The lowest BCUT2D eigenvalue weighted by Gasteiger charge is -2.05. The first-order valence-electron chi connectivity index (χ1n) is 11.6. The Morgan fingerprint density at radius 3 is 1.93 bits per heavy atom. The molecule has 0 atom stereocenters. The van der Waals surface area contributed by atoms with Crippen LogP contribution in [0.15, 0.2) is 23.2 Å². The van der Waals surface area contributed by atoms with Crippen LogP contribution in [0.3, 0.4) is 0 Å². The van der Waals surface area contributed by atoms with E-state index < -0.39 is 0 Å². The molecule has 0 aliphatic heterocycles. The fraction of sp³-hybridized carbons (Fsp3) is 0.720. The second-order valence-corrected chi connectivity index (χ2v) is 7.92. The van der Waals surface area contributed by atoms with E-state index in [4.69, 9.17) is 0 Å². The monoisotopic (exact) mass is 373 g/mol. The lowest BCUT2D eigenvalue weighted by molar-refractivity contribution is 0.474. The molecule has 2 nitrogen and oxygen atoms in total. The predicted octanol–water partition coefficient (Wildman–Crippen LogP) is 7.85. The molecule has 0 saturated carbocycles. The van der Waals surface area contributed by atoms with Crippen LogP contribution in [0.2, 0.25) is 0 Å². The van der Waals surface area contributed by atoms with E-state index in [1.165, 1.54) is 89.0 Å². The average Bonchev–Trinajstić information content (AvgIpc) is 2.68. The van der Waals surface area contributed by atoms with E-state index in [-0.39, 0.29) is 0 Å².